The fourth-order valence-electron chi connectivity index (χ4n) is 3.20. The molecule has 0 radical (unpaired) electrons. The molecule has 0 spiro atoms. The molecule has 1 aromatic heterocycles. The Kier molecular flexibility index (Phi) is 4.27. The third-order valence-electron chi connectivity index (χ3n) is 4.40. The fourth-order valence-corrected chi connectivity index (χ4v) is 3.20. The van der Waals surface area contributed by atoms with Gasteiger partial charge in [0.15, 0.2) is 0 Å². The fraction of sp³-hybridized carbons (Fsp3) is 0.444. The molecule has 4 nitrogen and oxygen atoms in total. The van der Waals surface area contributed by atoms with E-state index >= 15 is 0 Å². The van der Waals surface area contributed by atoms with Gasteiger partial charge >= 0.3 is 0 Å². The van der Waals surface area contributed by atoms with E-state index in [0.717, 1.165) is 48.6 Å². The predicted octanol–water partition coefficient (Wildman–Crippen LogP) is 3.51. The number of likely N-dealkylation sites (tertiary alicyclic amines) is 1. The highest BCUT2D eigenvalue weighted by Gasteiger charge is 2.24. The van der Waals surface area contributed by atoms with Crippen LogP contribution in [-0.4, -0.2) is 33.7 Å². The van der Waals surface area contributed by atoms with Crippen molar-refractivity contribution in [3.63, 3.8) is 0 Å². The van der Waals surface area contributed by atoms with Gasteiger partial charge < -0.3 is 4.90 Å². The van der Waals surface area contributed by atoms with E-state index in [1.165, 1.54) is 12.8 Å². The van der Waals surface area contributed by atoms with Crippen LogP contribution >= 0.6 is 0 Å². The lowest BCUT2D eigenvalue weighted by atomic mass is 10.1. The van der Waals surface area contributed by atoms with Gasteiger partial charge in [-0.15, -0.1) is 0 Å². The third-order valence-corrected chi connectivity index (χ3v) is 4.40. The second-order valence-electron chi connectivity index (χ2n) is 6.00. The first-order chi connectivity index (χ1) is 10.7. The molecule has 2 aromatic rings. The van der Waals surface area contributed by atoms with Crippen LogP contribution in [-0.2, 0) is 0 Å². The van der Waals surface area contributed by atoms with Gasteiger partial charge in [0.1, 0.15) is 0 Å². The largest absolute Gasteiger partial charge is 0.339 e. The van der Waals surface area contributed by atoms with Crippen LogP contribution < -0.4 is 0 Å². The van der Waals surface area contributed by atoms with Crippen LogP contribution in [0.3, 0.4) is 0 Å². The predicted molar refractivity (Wildman–Crippen MR) is 87.4 cm³/mol. The van der Waals surface area contributed by atoms with Gasteiger partial charge in [0, 0.05) is 13.1 Å². The Hall–Kier alpha value is -2.10. The number of nitrogens with zero attached hydrogens (tertiary/aromatic N) is 3. The molecule has 0 atom stereocenters. The minimum atomic E-state index is 0.138. The first kappa shape index (κ1) is 14.8. The summed E-state index contributed by atoms with van der Waals surface area (Å²) in [6, 6.07) is 9.99. The van der Waals surface area contributed by atoms with Crippen molar-refractivity contribution in [2.75, 3.05) is 13.1 Å². The number of aromatic nitrogens is 2. The number of amides is 1. The van der Waals surface area contributed by atoms with E-state index < -0.39 is 0 Å². The molecule has 1 amide bonds. The molecule has 1 aliphatic rings. The zero-order valence-corrected chi connectivity index (χ0v) is 13.4. The lowest BCUT2D eigenvalue weighted by molar-refractivity contribution is 0.0760. The average Bonchev–Trinajstić information content (AvgIpc) is 2.73. The van der Waals surface area contributed by atoms with Crippen LogP contribution in [0.2, 0.25) is 0 Å². The number of carbonyl (C=O) groups is 1. The maximum atomic E-state index is 12.9. The van der Waals surface area contributed by atoms with Gasteiger partial charge in [-0.2, -0.15) is 5.10 Å². The van der Waals surface area contributed by atoms with E-state index in [1.807, 2.05) is 53.8 Å². The molecule has 1 fully saturated rings. The van der Waals surface area contributed by atoms with E-state index in [0.29, 0.717) is 0 Å². The maximum Gasteiger partial charge on any atom is 0.257 e. The van der Waals surface area contributed by atoms with Gasteiger partial charge in [-0.1, -0.05) is 31.0 Å². The molecule has 0 unspecified atom stereocenters. The summed E-state index contributed by atoms with van der Waals surface area (Å²) in [4.78, 5) is 14.9. The number of hydrogen-bond acceptors (Lipinski definition) is 2. The van der Waals surface area contributed by atoms with Crippen LogP contribution in [0.1, 0.15) is 47.4 Å². The van der Waals surface area contributed by atoms with Crippen LogP contribution in [0.25, 0.3) is 5.69 Å². The van der Waals surface area contributed by atoms with Gasteiger partial charge in [-0.25, -0.2) is 4.68 Å². The molecule has 3 rings (SSSR count). The summed E-state index contributed by atoms with van der Waals surface area (Å²) in [6.45, 7) is 5.65. The Bertz CT molecular complexity index is 652. The Morgan fingerprint density at radius 2 is 1.64 bits per heavy atom. The zero-order chi connectivity index (χ0) is 15.5. The van der Waals surface area contributed by atoms with Crippen molar-refractivity contribution in [1.82, 2.24) is 14.7 Å². The number of hydrogen-bond donors (Lipinski definition) is 0. The van der Waals surface area contributed by atoms with Gasteiger partial charge in [0.05, 0.1) is 22.6 Å². The molecule has 4 heteroatoms. The standard InChI is InChI=1S/C18H23N3O/c1-14-17(18(22)20-12-8-3-4-9-13-20)15(2)21(19-14)16-10-6-5-7-11-16/h5-7,10-11H,3-4,8-9,12-13H2,1-2H3. The van der Waals surface area contributed by atoms with E-state index in [4.69, 9.17) is 0 Å². The highest BCUT2D eigenvalue weighted by atomic mass is 16.2. The number of benzene rings is 1. The first-order valence-corrected chi connectivity index (χ1v) is 8.09. The van der Waals surface area contributed by atoms with E-state index in [9.17, 15) is 4.79 Å². The summed E-state index contributed by atoms with van der Waals surface area (Å²) in [7, 11) is 0. The Labute approximate surface area is 131 Å². The molecular formula is C18H23N3O. The van der Waals surface area contributed by atoms with Crippen LogP contribution in [0.4, 0.5) is 0 Å². The van der Waals surface area contributed by atoms with Crippen molar-refractivity contribution in [1.29, 1.82) is 0 Å². The maximum absolute atomic E-state index is 12.9. The molecular weight excluding hydrogens is 274 g/mol. The molecule has 2 heterocycles. The van der Waals surface area contributed by atoms with Crippen LogP contribution in [0.5, 0.6) is 0 Å². The summed E-state index contributed by atoms with van der Waals surface area (Å²) in [5.41, 5.74) is 3.51. The van der Waals surface area contributed by atoms with Crippen molar-refractivity contribution < 1.29 is 4.79 Å². The number of rotatable bonds is 2. The summed E-state index contributed by atoms with van der Waals surface area (Å²) in [5, 5.41) is 4.59. The average molecular weight is 297 g/mol. The summed E-state index contributed by atoms with van der Waals surface area (Å²) < 4.78 is 1.88. The van der Waals surface area contributed by atoms with Crippen molar-refractivity contribution >= 4 is 5.91 Å². The molecule has 1 aromatic carbocycles. The monoisotopic (exact) mass is 297 g/mol. The van der Waals surface area contributed by atoms with Crippen molar-refractivity contribution in [3.05, 3.63) is 47.3 Å². The first-order valence-electron chi connectivity index (χ1n) is 8.09. The van der Waals surface area contributed by atoms with Gasteiger partial charge in [0.25, 0.3) is 5.91 Å². The molecule has 0 aliphatic carbocycles. The quantitative estimate of drug-likeness (QED) is 0.851. The number of aryl methyl sites for hydroxylation is 1. The second kappa shape index (κ2) is 6.34. The second-order valence-corrected chi connectivity index (χ2v) is 6.00. The molecule has 1 aliphatic heterocycles. The summed E-state index contributed by atoms with van der Waals surface area (Å²) in [6.07, 6.45) is 4.67. The number of carbonyl (C=O) groups excluding carboxylic acids is 1. The Balaban J connectivity index is 1.94. The van der Waals surface area contributed by atoms with Gasteiger partial charge in [-0.3, -0.25) is 4.79 Å². The SMILES string of the molecule is Cc1nn(-c2ccccc2)c(C)c1C(=O)N1CCCCCC1. The van der Waals surface area contributed by atoms with E-state index in [-0.39, 0.29) is 5.91 Å². The topological polar surface area (TPSA) is 38.1 Å². The summed E-state index contributed by atoms with van der Waals surface area (Å²) >= 11 is 0. The Morgan fingerprint density at radius 1 is 1.00 bits per heavy atom. The van der Waals surface area contributed by atoms with Crippen LogP contribution in [0.15, 0.2) is 30.3 Å². The lowest BCUT2D eigenvalue weighted by Crippen LogP contribution is -2.32. The molecule has 22 heavy (non-hydrogen) atoms. The minimum Gasteiger partial charge on any atom is -0.339 e. The highest BCUT2D eigenvalue weighted by molar-refractivity contribution is 5.96. The van der Waals surface area contributed by atoms with Gasteiger partial charge in [0.2, 0.25) is 0 Å². The molecule has 0 saturated carbocycles. The van der Waals surface area contributed by atoms with Gasteiger partial charge in [-0.05, 0) is 38.8 Å². The molecule has 0 N–H and O–H groups in total. The normalized spacial score (nSPS) is 15.6. The molecule has 116 valence electrons. The van der Waals surface area contributed by atoms with E-state index in [1.54, 1.807) is 0 Å². The van der Waals surface area contributed by atoms with E-state index in [2.05, 4.69) is 5.10 Å². The smallest absolute Gasteiger partial charge is 0.257 e. The summed E-state index contributed by atoms with van der Waals surface area (Å²) in [5.74, 6) is 0.138. The zero-order valence-electron chi connectivity index (χ0n) is 13.4. The van der Waals surface area contributed by atoms with Crippen molar-refractivity contribution in [3.8, 4) is 5.69 Å². The lowest BCUT2D eigenvalue weighted by Gasteiger charge is -2.20. The van der Waals surface area contributed by atoms with Crippen LogP contribution in [0, 0.1) is 13.8 Å². The molecule has 1 saturated heterocycles. The van der Waals surface area contributed by atoms with Crippen molar-refractivity contribution in [2.24, 2.45) is 0 Å². The molecule has 0 bridgehead atoms. The Morgan fingerprint density at radius 3 is 2.27 bits per heavy atom. The number of para-hydroxylation sites is 1. The minimum absolute atomic E-state index is 0.138. The highest BCUT2D eigenvalue weighted by Crippen LogP contribution is 2.21. The third kappa shape index (κ3) is 2.78. The van der Waals surface area contributed by atoms with Crippen molar-refractivity contribution in [2.45, 2.75) is 39.5 Å².